The molecule has 0 aromatic rings. The van der Waals surface area contributed by atoms with E-state index in [4.69, 9.17) is 11.5 Å². The van der Waals surface area contributed by atoms with Crippen LogP contribution in [0.15, 0.2) is 0 Å². The van der Waals surface area contributed by atoms with Crippen molar-refractivity contribution in [3.8, 4) is 0 Å². The Morgan fingerprint density at radius 1 is 0.818 bits per heavy atom. The van der Waals surface area contributed by atoms with E-state index in [2.05, 4.69) is 9.42 Å². The molecule has 0 rings (SSSR count). The molecule has 7 N–H and O–H groups in total. The van der Waals surface area contributed by atoms with Crippen molar-refractivity contribution < 1.29 is 18.8 Å². The zero-order chi connectivity index (χ0) is 8.24. The molecule has 0 atom stereocenters. The van der Waals surface area contributed by atoms with Gasteiger partial charge in [-0.05, 0) is 25.9 Å². The molecule has 0 aliphatic heterocycles. The van der Waals surface area contributed by atoms with Crippen molar-refractivity contribution in [3.63, 3.8) is 0 Å². The first-order chi connectivity index (χ1) is 4.91. The van der Waals surface area contributed by atoms with E-state index in [0.29, 0.717) is 0 Å². The number of unbranched alkanes of at least 4 members (excludes halogenated alkanes) is 3. The van der Waals surface area contributed by atoms with Crippen molar-refractivity contribution in [1.29, 1.82) is 0 Å². The number of hydrogen-bond acceptors (Lipinski definition) is 3. The fourth-order valence-electron chi connectivity index (χ4n) is 0.642. The zero-order valence-electron chi connectivity index (χ0n) is 6.80. The summed E-state index contributed by atoms with van der Waals surface area (Å²) in [5.41, 5.74) is 10.6. The summed E-state index contributed by atoms with van der Waals surface area (Å²) in [4.78, 5) is 0. The molecule has 0 heterocycles. The SMILES string of the molecule is N.NCCCCCCN.[Cl][Pt]. The monoisotopic (exact) mass is 363 g/mol. The fourth-order valence-corrected chi connectivity index (χ4v) is 0.642. The third-order valence-corrected chi connectivity index (χ3v) is 1.16. The van der Waals surface area contributed by atoms with Gasteiger partial charge in [0.2, 0.25) is 0 Å². The van der Waals surface area contributed by atoms with Crippen LogP contribution in [-0.4, -0.2) is 13.1 Å². The van der Waals surface area contributed by atoms with Crippen LogP contribution in [0.4, 0.5) is 0 Å². The van der Waals surface area contributed by atoms with Crippen LogP contribution in [0.25, 0.3) is 0 Å². The molecule has 75 valence electrons. The third kappa shape index (κ3) is 24.8. The number of rotatable bonds is 5. The molecule has 3 nitrogen and oxygen atoms in total. The minimum atomic E-state index is 0. The predicted molar refractivity (Wildman–Crippen MR) is 47.5 cm³/mol. The van der Waals surface area contributed by atoms with E-state index in [0.717, 1.165) is 25.9 Å². The summed E-state index contributed by atoms with van der Waals surface area (Å²) in [5, 5.41) is 0. The summed E-state index contributed by atoms with van der Waals surface area (Å²) in [6, 6.07) is 0. The van der Waals surface area contributed by atoms with Crippen molar-refractivity contribution >= 4 is 9.42 Å². The summed E-state index contributed by atoms with van der Waals surface area (Å²) >= 11 is 1.61. The van der Waals surface area contributed by atoms with E-state index < -0.39 is 0 Å². The van der Waals surface area contributed by atoms with Gasteiger partial charge in [0.05, 0.1) is 0 Å². The van der Waals surface area contributed by atoms with Crippen LogP contribution in [0.1, 0.15) is 25.7 Å². The Labute approximate surface area is 84.6 Å². The maximum absolute atomic E-state index is 5.28. The van der Waals surface area contributed by atoms with E-state index in [1.165, 1.54) is 12.8 Å². The number of halogens is 1. The Morgan fingerprint density at radius 2 is 1.09 bits per heavy atom. The van der Waals surface area contributed by atoms with Gasteiger partial charge < -0.3 is 17.6 Å². The summed E-state index contributed by atoms with van der Waals surface area (Å²) in [5.74, 6) is 0. The van der Waals surface area contributed by atoms with E-state index in [1.54, 1.807) is 18.8 Å². The van der Waals surface area contributed by atoms with E-state index in [1.807, 2.05) is 0 Å². The number of nitrogens with two attached hydrogens (primary N) is 2. The molecular formula is C6H19ClN3Pt. The Kier molecular flexibility index (Phi) is 36.3. The first kappa shape index (κ1) is 17.8. The van der Waals surface area contributed by atoms with Crippen LogP contribution in [0, 0.1) is 0 Å². The standard InChI is InChI=1S/C6H16N2.ClH.H3N.Pt/c7-5-3-1-2-4-6-8;;;/h1-8H2;1H;1H3;/q;;;+1/p-1. The van der Waals surface area contributed by atoms with Gasteiger partial charge in [-0.25, -0.2) is 0 Å². The van der Waals surface area contributed by atoms with Crippen molar-refractivity contribution in [3.05, 3.63) is 0 Å². The summed E-state index contributed by atoms with van der Waals surface area (Å²) in [6.45, 7) is 1.65. The fraction of sp³-hybridized carbons (Fsp3) is 1.00. The number of hydrogen-bond donors (Lipinski definition) is 3. The molecule has 0 saturated carbocycles. The topological polar surface area (TPSA) is 87.0 Å². The van der Waals surface area contributed by atoms with Crippen LogP contribution in [0.5, 0.6) is 0 Å². The maximum atomic E-state index is 5.28. The summed E-state index contributed by atoms with van der Waals surface area (Å²) < 4.78 is 0. The second-order valence-corrected chi connectivity index (χ2v) is 1.99. The van der Waals surface area contributed by atoms with Crippen LogP contribution in [-0.2, 0) is 18.8 Å². The van der Waals surface area contributed by atoms with Gasteiger partial charge in [-0.15, -0.1) is 0 Å². The van der Waals surface area contributed by atoms with Gasteiger partial charge in [0.15, 0.2) is 0 Å². The molecule has 0 aliphatic rings. The van der Waals surface area contributed by atoms with Gasteiger partial charge in [-0.2, -0.15) is 0 Å². The Bertz CT molecular complexity index is 42.8. The predicted octanol–water partition coefficient (Wildman–Crippen LogP) is 1.31. The average Bonchev–Trinajstić information content (AvgIpc) is 2.02. The van der Waals surface area contributed by atoms with Crippen LogP contribution < -0.4 is 17.6 Å². The molecule has 0 amide bonds. The Balaban J connectivity index is -0.000000196. The Hall–Kier alpha value is 0.858. The van der Waals surface area contributed by atoms with Gasteiger partial charge in [-0.1, -0.05) is 12.8 Å². The molecule has 0 saturated heterocycles. The van der Waals surface area contributed by atoms with Crippen molar-refractivity contribution in [2.75, 3.05) is 13.1 Å². The molecular weight excluding hydrogens is 345 g/mol. The third-order valence-electron chi connectivity index (χ3n) is 1.16. The van der Waals surface area contributed by atoms with Gasteiger partial charge in [0.1, 0.15) is 0 Å². The van der Waals surface area contributed by atoms with E-state index in [9.17, 15) is 0 Å². The van der Waals surface area contributed by atoms with Gasteiger partial charge in [0, 0.05) is 0 Å². The van der Waals surface area contributed by atoms with Crippen LogP contribution in [0.2, 0.25) is 0 Å². The van der Waals surface area contributed by atoms with Crippen molar-refractivity contribution in [2.24, 2.45) is 11.5 Å². The van der Waals surface area contributed by atoms with Crippen molar-refractivity contribution in [1.82, 2.24) is 6.15 Å². The molecule has 0 unspecified atom stereocenters. The van der Waals surface area contributed by atoms with Crippen molar-refractivity contribution in [2.45, 2.75) is 25.7 Å². The van der Waals surface area contributed by atoms with E-state index in [-0.39, 0.29) is 6.15 Å². The van der Waals surface area contributed by atoms with E-state index >= 15 is 0 Å². The zero-order valence-corrected chi connectivity index (χ0v) is 9.83. The molecule has 0 aromatic heterocycles. The first-order valence-electron chi connectivity index (χ1n) is 3.44. The van der Waals surface area contributed by atoms with Crippen LogP contribution >= 0.6 is 9.42 Å². The van der Waals surface area contributed by atoms with Gasteiger partial charge in [-0.3, -0.25) is 0 Å². The normalized spacial score (nSPS) is 7.73. The molecule has 0 fully saturated rings. The molecule has 0 aromatic carbocycles. The molecule has 11 heavy (non-hydrogen) atoms. The van der Waals surface area contributed by atoms with Gasteiger partial charge >= 0.3 is 28.2 Å². The van der Waals surface area contributed by atoms with Gasteiger partial charge in [0.25, 0.3) is 0 Å². The summed E-state index contributed by atoms with van der Waals surface area (Å²) in [6.07, 6.45) is 4.79. The quantitative estimate of drug-likeness (QED) is 0.644. The molecule has 0 radical (unpaired) electrons. The first-order valence-corrected chi connectivity index (χ1v) is 6.25. The summed E-state index contributed by atoms with van der Waals surface area (Å²) in [7, 11) is 4.61. The Morgan fingerprint density at radius 3 is 1.27 bits per heavy atom. The second kappa shape index (κ2) is 22.4. The molecule has 0 aliphatic carbocycles. The van der Waals surface area contributed by atoms with Crippen LogP contribution in [0.3, 0.4) is 0 Å². The molecule has 0 bridgehead atoms. The molecule has 5 heteroatoms. The second-order valence-electron chi connectivity index (χ2n) is 1.99. The molecule has 0 spiro atoms. The average molecular weight is 364 g/mol. The minimum absolute atomic E-state index is 0.